The fraction of sp³-hybridized carbons (Fsp3) is 0.529. The largest absolute Gasteiger partial charge is 0.543 e. The molecule has 2 atom stereocenters. The lowest BCUT2D eigenvalue weighted by atomic mass is 9.88. The maximum atomic E-state index is 11.7. The minimum Gasteiger partial charge on any atom is -0.429 e. The molecule has 1 aromatic carbocycles. The second-order valence-corrected chi connectivity index (χ2v) is 5.74. The van der Waals surface area contributed by atoms with Crippen LogP contribution in [-0.2, 0) is 26.0 Å². The molecule has 126 valence electrons. The van der Waals surface area contributed by atoms with Gasteiger partial charge in [0.25, 0.3) is 0 Å². The van der Waals surface area contributed by atoms with Gasteiger partial charge in [0.15, 0.2) is 0 Å². The third-order valence-corrected chi connectivity index (χ3v) is 4.09. The molecule has 6 heteroatoms. The number of carbonyl (C=O) groups is 2. The van der Waals surface area contributed by atoms with Crippen molar-refractivity contribution in [2.24, 2.45) is 5.92 Å². The normalized spacial score (nSPS) is 20.6. The summed E-state index contributed by atoms with van der Waals surface area (Å²) in [4.78, 5) is 31.9. The van der Waals surface area contributed by atoms with E-state index in [1.807, 2.05) is 26.0 Å². The minimum atomic E-state index is -1.00. The molecule has 0 amide bonds. The van der Waals surface area contributed by atoms with Crippen LogP contribution in [0.5, 0.6) is 0 Å². The van der Waals surface area contributed by atoms with Gasteiger partial charge in [0.2, 0.25) is 0 Å². The van der Waals surface area contributed by atoms with Crippen molar-refractivity contribution in [1.29, 1.82) is 0 Å². The van der Waals surface area contributed by atoms with Gasteiger partial charge in [-0.3, -0.25) is 4.89 Å². The molecule has 6 nitrogen and oxygen atoms in total. The van der Waals surface area contributed by atoms with E-state index in [0.717, 1.165) is 37.7 Å². The van der Waals surface area contributed by atoms with Crippen molar-refractivity contribution >= 4 is 12.1 Å². The number of benzene rings is 1. The Morgan fingerprint density at radius 3 is 2.43 bits per heavy atom. The number of rotatable bonds is 5. The van der Waals surface area contributed by atoms with E-state index in [0.29, 0.717) is 5.56 Å². The van der Waals surface area contributed by atoms with Crippen LogP contribution >= 0.6 is 0 Å². The van der Waals surface area contributed by atoms with Gasteiger partial charge in [-0.2, -0.15) is 0 Å². The van der Waals surface area contributed by atoms with Crippen LogP contribution in [0.15, 0.2) is 24.3 Å². The molecule has 2 rings (SSSR count). The van der Waals surface area contributed by atoms with Crippen molar-refractivity contribution in [3.05, 3.63) is 35.4 Å². The predicted molar refractivity (Wildman–Crippen MR) is 81.3 cm³/mol. The first-order valence-corrected chi connectivity index (χ1v) is 7.95. The van der Waals surface area contributed by atoms with Crippen LogP contribution in [0.4, 0.5) is 4.79 Å². The van der Waals surface area contributed by atoms with E-state index in [2.05, 4.69) is 14.8 Å². The zero-order valence-corrected chi connectivity index (χ0v) is 13.4. The zero-order valence-electron chi connectivity index (χ0n) is 13.4. The van der Waals surface area contributed by atoms with Crippen LogP contribution in [-0.4, -0.2) is 18.2 Å². The highest BCUT2D eigenvalue weighted by Gasteiger charge is 2.26. The lowest BCUT2D eigenvalue weighted by Crippen LogP contribution is -2.28. The van der Waals surface area contributed by atoms with Crippen molar-refractivity contribution in [2.45, 2.75) is 52.1 Å². The molecular formula is C17H22O6. The molecule has 1 aliphatic carbocycles. The van der Waals surface area contributed by atoms with Crippen LogP contribution in [0.3, 0.4) is 0 Å². The van der Waals surface area contributed by atoms with Gasteiger partial charge in [-0.25, -0.2) is 14.5 Å². The molecule has 0 radical (unpaired) electrons. The van der Waals surface area contributed by atoms with E-state index in [9.17, 15) is 9.59 Å². The van der Waals surface area contributed by atoms with E-state index in [1.165, 1.54) is 0 Å². The summed E-state index contributed by atoms with van der Waals surface area (Å²) in [6.45, 7) is 4.04. The summed E-state index contributed by atoms with van der Waals surface area (Å²) in [5, 5.41) is 4.22. The summed E-state index contributed by atoms with van der Waals surface area (Å²) in [6, 6.07) is 6.87. The van der Waals surface area contributed by atoms with Gasteiger partial charge >= 0.3 is 12.1 Å². The number of hydrogen-bond acceptors (Lipinski definition) is 6. The van der Waals surface area contributed by atoms with Crippen LogP contribution in [0.1, 0.15) is 55.5 Å². The lowest BCUT2D eigenvalue weighted by molar-refractivity contribution is -0.453. The average molecular weight is 322 g/mol. The third kappa shape index (κ3) is 5.25. The standard InChI is InChI=1S/C17H22O6/c1-3-13-8-10-14(11-9-13)16(18)21-23-22-17(19)20-15-7-5-4-6-12(15)2/h8-12,15H,3-7H2,1-2H3. The van der Waals surface area contributed by atoms with E-state index >= 15 is 0 Å². The Labute approximate surface area is 135 Å². The first-order valence-electron chi connectivity index (χ1n) is 7.95. The van der Waals surface area contributed by atoms with Crippen LogP contribution in [0.2, 0.25) is 0 Å². The maximum absolute atomic E-state index is 11.7. The summed E-state index contributed by atoms with van der Waals surface area (Å²) >= 11 is 0. The van der Waals surface area contributed by atoms with Gasteiger partial charge in [0.05, 0.1) is 10.6 Å². The monoisotopic (exact) mass is 322 g/mol. The Hall–Kier alpha value is -2.08. The van der Waals surface area contributed by atoms with E-state index < -0.39 is 12.1 Å². The van der Waals surface area contributed by atoms with Gasteiger partial charge in [-0.05, 0) is 49.3 Å². The van der Waals surface area contributed by atoms with Crippen molar-refractivity contribution in [3.8, 4) is 0 Å². The highest BCUT2D eigenvalue weighted by atomic mass is 17.5. The average Bonchev–Trinajstić information content (AvgIpc) is 2.57. The molecule has 0 aliphatic heterocycles. The first kappa shape index (κ1) is 17.3. The Morgan fingerprint density at radius 2 is 1.78 bits per heavy atom. The Morgan fingerprint density at radius 1 is 1.09 bits per heavy atom. The van der Waals surface area contributed by atoms with Crippen LogP contribution in [0.25, 0.3) is 0 Å². The lowest BCUT2D eigenvalue weighted by Gasteiger charge is -2.27. The quantitative estimate of drug-likeness (QED) is 0.464. The molecule has 1 saturated carbocycles. The van der Waals surface area contributed by atoms with Crippen molar-refractivity contribution in [3.63, 3.8) is 0 Å². The summed E-state index contributed by atoms with van der Waals surface area (Å²) in [5.41, 5.74) is 1.41. The number of carbonyl (C=O) groups excluding carboxylic acids is 2. The zero-order chi connectivity index (χ0) is 16.7. The highest BCUT2D eigenvalue weighted by molar-refractivity contribution is 5.88. The molecule has 23 heavy (non-hydrogen) atoms. The van der Waals surface area contributed by atoms with Gasteiger partial charge in [0, 0.05) is 0 Å². The number of aryl methyl sites for hydroxylation is 1. The molecule has 0 heterocycles. The SMILES string of the molecule is CCc1ccc(C(=O)OOOC(=O)OC2CCCCC2C)cc1. The van der Waals surface area contributed by atoms with Gasteiger partial charge in [0.1, 0.15) is 6.10 Å². The summed E-state index contributed by atoms with van der Waals surface area (Å²) in [7, 11) is 0. The van der Waals surface area contributed by atoms with Crippen molar-refractivity contribution in [2.75, 3.05) is 0 Å². The van der Waals surface area contributed by atoms with Crippen molar-refractivity contribution in [1.82, 2.24) is 0 Å². The molecule has 0 aromatic heterocycles. The van der Waals surface area contributed by atoms with Crippen LogP contribution in [0, 0.1) is 5.92 Å². The Bertz CT molecular complexity index is 524. The van der Waals surface area contributed by atoms with Gasteiger partial charge in [-0.1, -0.05) is 32.4 Å². The summed E-state index contributed by atoms with van der Waals surface area (Å²) in [5.74, 6) is -0.456. The second-order valence-electron chi connectivity index (χ2n) is 5.74. The number of hydrogen-bond donors (Lipinski definition) is 0. The fourth-order valence-electron chi connectivity index (χ4n) is 2.60. The molecule has 1 aliphatic rings. The van der Waals surface area contributed by atoms with E-state index in [-0.39, 0.29) is 12.0 Å². The molecule has 2 unspecified atom stereocenters. The third-order valence-electron chi connectivity index (χ3n) is 4.09. The summed E-state index contributed by atoms with van der Waals surface area (Å²) in [6.07, 6.45) is 3.67. The molecule has 0 spiro atoms. The molecule has 0 saturated heterocycles. The number of ether oxygens (including phenoxy) is 1. The van der Waals surface area contributed by atoms with Crippen LogP contribution < -0.4 is 0 Å². The van der Waals surface area contributed by atoms with E-state index in [1.54, 1.807) is 12.1 Å². The first-order chi connectivity index (χ1) is 11.1. The Kier molecular flexibility index (Phi) is 6.40. The maximum Gasteiger partial charge on any atom is 0.543 e. The van der Waals surface area contributed by atoms with Gasteiger partial charge < -0.3 is 4.74 Å². The highest BCUT2D eigenvalue weighted by Crippen LogP contribution is 2.26. The Balaban J connectivity index is 1.70. The molecular weight excluding hydrogens is 300 g/mol. The molecule has 0 N–H and O–H groups in total. The van der Waals surface area contributed by atoms with E-state index in [4.69, 9.17) is 4.74 Å². The summed E-state index contributed by atoms with van der Waals surface area (Å²) < 4.78 is 5.14. The van der Waals surface area contributed by atoms with Crippen molar-refractivity contribution < 1.29 is 29.1 Å². The fourth-order valence-corrected chi connectivity index (χ4v) is 2.60. The molecule has 1 fully saturated rings. The minimum absolute atomic E-state index is 0.183. The molecule has 0 bridgehead atoms. The topological polar surface area (TPSA) is 71.1 Å². The van der Waals surface area contributed by atoms with Gasteiger partial charge in [-0.15, -0.1) is 0 Å². The predicted octanol–water partition coefficient (Wildman–Crippen LogP) is 3.98. The second kappa shape index (κ2) is 8.53. The molecule has 1 aromatic rings. The smallest absolute Gasteiger partial charge is 0.429 e.